The van der Waals surface area contributed by atoms with Crippen LogP contribution < -0.4 is 0 Å². The Bertz CT molecular complexity index is 399. The molecule has 0 aliphatic rings. The first kappa shape index (κ1) is 6.61. The average molecular weight is 165 g/mol. The lowest BCUT2D eigenvalue weighted by Gasteiger charge is -1.85. The molecule has 0 atom stereocenters. The van der Waals surface area contributed by atoms with Crippen molar-refractivity contribution in [2.45, 2.75) is 0 Å². The second kappa shape index (κ2) is 2.20. The van der Waals surface area contributed by atoms with Gasteiger partial charge in [0.1, 0.15) is 4.83 Å². The third-order valence-electron chi connectivity index (χ3n) is 1.74. The van der Waals surface area contributed by atoms with Crippen molar-refractivity contribution in [2.75, 3.05) is 0 Å². The minimum atomic E-state index is 0.781. The number of aldehydes is 1. The van der Waals surface area contributed by atoms with Crippen LogP contribution in [0, 0.1) is 0 Å². The second-order valence-corrected chi connectivity index (χ2v) is 3.35. The lowest BCUT2D eigenvalue weighted by molar-refractivity contribution is 0.112. The summed E-state index contributed by atoms with van der Waals surface area (Å²) in [5, 5.41) is 3.06. The fraction of sp³-hybridized carbons (Fsp3) is 0.125. The van der Waals surface area contributed by atoms with Gasteiger partial charge in [0.25, 0.3) is 0 Å². The number of nitrogens with zero attached hydrogens (tertiary/aromatic N) is 1. The van der Waals surface area contributed by atoms with E-state index in [-0.39, 0.29) is 0 Å². The number of fused-ring (bicyclic) bond motifs is 1. The normalized spacial score (nSPS) is 10.6. The van der Waals surface area contributed by atoms with E-state index in [1.165, 1.54) is 0 Å². The van der Waals surface area contributed by atoms with Gasteiger partial charge in [-0.25, -0.2) is 0 Å². The Hall–Kier alpha value is -1.09. The van der Waals surface area contributed by atoms with Crippen LogP contribution in [0.1, 0.15) is 10.4 Å². The molecule has 0 radical (unpaired) electrons. The van der Waals surface area contributed by atoms with Crippen molar-refractivity contribution < 1.29 is 4.79 Å². The Morgan fingerprint density at radius 3 is 3.18 bits per heavy atom. The summed E-state index contributed by atoms with van der Waals surface area (Å²) in [6, 6.07) is 1.98. The number of carbonyl (C=O) groups excluding carboxylic acids is 1. The number of hydrogen-bond acceptors (Lipinski definition) is 2. The Balaban J connectivity index is 2.90. The first-order valence-corrected chi connectivity index (χ1v) is 4.18. The van der Waals surface area contributed by atoms with Crippen molar-refractivity contribution in [3.8, 4) is 0 Å². The maximum atomic E-state index is 10.5. The van der Waals surface area contributed by atoms with Crippen molar-refractivity contribution in [3.63, 3.8) is 0 Å². The van der Waals surface area contributed by atoms with Gasteiger partial charge in [0.15, 0.2) is 6.29 Å². The van der Waals surface area contributed by atoms with Crippen LogP contribution in [0.3, 0.4) is 0 Å². The molecule has 0 bridgehead atoms. The van der Waals surface area contributed by atoms with Gasteiger partial charge in [-0.15, -0.1) is 11.3 Å². The molecule has 56 valence electrons. The van der Waals surface area contributed by atoms with Crippen LogP contribution in [0.15, 0.2) is 17.6 Å². The van der Waals surface area contributed by atoms with E-state index in [4.69, 9.17) is 0 Å². The predicted molar refractivity (Wildman–Crippen MR) is 46.2 cm³/mol. The Morgan fingerprint density at radius 2 is 2.45 bits per heavy atom. The number of aryl methyl sites for hydroxylation is 1. The average Bonchev–Trinajstić information content (AvgIpc) is 2.54. The Morgan fingerprint density at radius 1 is 1.64 bits per heavy atom. The van der Waals surface area contributed by atoms with Crippen LogP contribution in [0.4, 0.5) is 0 Å². The lowest BCUT2D eigenvalue weighted by Crippen LogP contribution is -1.80. The summed E-state index contributed by atoms with van der Waals surface area (Å²) in [5.41, 5.74) is 0.781. The molecule has 0 amide bonds. The zero-order valence-electron chi connectivity index (χ0n) is 6.07. The fourth-order valence-electron chi connectivity index (χ4n) is 1.22. The number of carbonyl (C=O) groups is 1. The smallest absolute Gasteiger partial charge is 0.152 e. The van der Waals surface area contributed by atoms with Gasteiger partial charge >= 0.3 is 0 Å². The molecule has 0 saturated carbocycles. The molecule has 2 nitrogen and oxygen atoms in total. The quantitative estimate of drug-likeness (QED) is 0.593. The maximum absolute atomic E-state index is 10.5. The van der Waals surface area contributed by atoms with E-state index in [1.807, 2.05) is 29.3 Å². The molecule has 0 spiro atoms. The predicted octanol–water partition coefficient (Wildman–Crippen LogP) is 2.05. The van der Waals surface area contributed by atoms with E-state index in [0.717, 1.165) is 22.1 Å². The molecule has 0 fully saturated rings. The number of rotatable bonds is 1. The van der Waals surface area contributed by atoms with E-state index >= 15 is 0 Å². The van der Waals surface area contributed by atoms with Gasteiger partial charge in [0.05, 0.1) is 0 Å². The summed E-state index contributed by atoms with van der Waals surface area (Å²) < 4.78 is 1.98. The molecule has 2 rings (SSSR count). The summed E-state index contributed by atoms with van der Waals surface area (Å²) >= 11 is 1.65. The standard InChI is InChI=1S/C8H7NOS/c1-9-4-6(5-10)7-2-3-11-8(7)9/h2-5H,1H3. The molecule has 0 aromatic carbocycles. The molecule has 0 saturated heterocycles. The van der Waals surface area contributed by atoms with Gasteiger partial charge in [-0.1, -0.05) is 0 Å². The van der Waals surface area contributed by atoms with Crippen LogP contribution in [-0.2, 0) is 7.05 Å². The van der Waals surface area contributed by atoms with Crippen LogP contribution in [0.25, 0.3) is 10.2 Å². The highest BCUT2D eigenvalue weighted by Crippen LogP contribution is 2.24. The monoisotopic (exact) mass is 165 g/mol. The molecule has 2 aromatic heterocycles. The van der Waals surface area contributed by atoms with Gasteiger partial charge < -0.3 is 4.57 Å². The van der Waals surface area contributed by atoms with E-state index < -0.39 is 0 Å². The number of thiophene rings is 1. The molecule has 11 heavy (non-hydrogen) atoms. The topological polar surface area (TPSA) is 22.0 Å². The number of aromatic nitrogens is 1. The van der Waals surface area contributed by atoms with Crippen molar-refractivity contribution in [2.24, 2.45) is 7.05 Å². The third-order valence-corrected chi connectivity index (χ3v) is 2.74. The van der Waals surface area contributed by atoms with Gasteiger partial charge in [-0.05, 0) is 11.4 Å². The van der Waals surface area contributed by atoms with Crippen molar-refractivity contribution >= 4 is 27.8 Å². The third kappa shape index (κ3) is 0.811. The molecule has 0 aliphatic carbocycles. The van der Waals surface area contributed by atoms with Crippen molar-refractivity contribution in [1.29, 1.82) is 0 Å². The first-order chi connectivity index (χ1) is 5.33. The Kier molecular flexibility index (Phi) is 1.32. The van der Waals surface area contributed by atoms with E-state index in [2.05, 4.69) is 0 Å². The summed E-state index contributed by atoms with van der Waals surface area (Å²) in [5.74, 6) is 0. The summed E-state index contributed by atoms with van der Waals surface area (Å²) in [7, 11) is 1.95. The van der Waals surface area contributed by atoms with Crippen molar-refractivity contribution in [3.05, 3.63) is 23.2 Å². The van der Waals surface area contributed by atoms with Crippen LogP contribution in [0.2, 0.25) is 0 Å². The molecular formula is C8H7NOS. The van der Waals surface area contributed by atoms with Crippen LogP contribution in [-0.4, -0.2) is 10.9 Å². The number of hydrogen-bond donors (Lipinski definition) is 0. The fourth-order valence-corrected chi connectivity index (χ4v) is 2.09. The molecule has 0 unspecified atom stereocenters. The van der Waals surface area contributed by atoms with Gasteiger partial charge in [-0.2, -0.15) is 0 Å². The van der Waals surface area contributed by atoms with Crippen LogP contribution in [0.5, 0.6) is 0 Å². The van der Waals surface area contributed by atoms with Gasteiger partial charge in [-0.3, -0.25) is 4.79 Å². The summed E-state index contributed by atoms with van der Waals surface area (Å²) in [6.07, 6.45) is 2.75. The lowest BCUT2D eigenvalue weighted by atomic mass is 10.3. The van der Waals surface area contributed by atoms with Gasteiger partial charge in [0, 0.05) is 24.2 Å². The molecule has 2 heterocycles. The molecule has 2 aromatic rings. The molecule has 0 aliphatic heterocycles. The zero-order chi connectivity index (χ0) is 7.84. The molecule has 3 heteroatoms. The highest BCUT2D eigenvalue weighted by atomic mass is 32.1. The van der Waals surface area contributed by atoms with Crippen LogP contribution >= 0.6 is 11.3 Å². The molecule has 0 N–H and O–H groups in total. The zero-order valence-corrected chi connectivity index (χ0v) is 6.89. The second-order valence-electron chi connectivity index (χ2n) is 2.45. The van der Waals surface area contributed by atoms with Crippen molar-refractivity contribution in [1.82, 2.24) is 4.57 Å². The van der Waals surface area contributed by atoms with E-state index in [0.29, 0.717) is 0 Å². The summed E-state index contributed by atoms with van der Waals surface area (Å²) in [6.45, 7) is 0. The first-order valence-electron chi connectivity index (χ1n) is 3.30. The highest BCUT2D eigenvalue weighted by Gasteiger charge is 2.04. The minimum Gasteiger partial charge on any atom is -0.342 e. The minimum absolute atomic E-state index is 0.781. The van der Waals surface area contributed by atoms with E-state index in [1.54, 1.807) is 11.3 Å². The SMILES string of the molecule is Cn1cc(C=O)c2ccsc21. The Labute approximate surface area is 68.1 Å². The maximum Gasteiger partial charge on any atom is 0.152 e. The largest absolute Gasteiger partial charge is 0.342 e. The molecular weight excluding hydrogens is 158 g/mol. The summed E-state index contributed by atoms with van der Waals surface area (Å²) in [4.78, 5) is 11.7. The van der Waals surface area contributed by atoms with Gasteiger partial charge in [0.2, 0.25) is 0 Å². The van der Waals surface area contributed by atoms with E-state index in [9.17, 15) is 4.79 Å². The highest BCUT2D eigenvalue weighted by molar-refractivity contribution is 7.16.